The highest BCUT2D eigenvalue weighted by Crippen LogP contribution is 2.28. The Kier molecular flexibility index (Phi) is 7.10. The summed E-state index contributed by atoms with van der Waals surface area (Å²) in [5.74, 6) is -0.843. The summed E-state index contributed by atoms with van der Waals surface area (Å²) in [5.41, 5.74) is 4.25. The molecule has 0 unspecified atom stereocenters. The summed E-state index contributed by atoms with van der Waals surface area (Å²) in [6.07, 6.45) is 2.96. The minimum absolute atomic E-state index is 0.0502. The SMILES string of the molecule is CCOc1ccccc1NC(=O)C(=O)NC[C@@H](c1cccn1C)N1CCc2ccccc2C1. The maximum Gasteiger partial charge on any atom is 0.313 e. The van der Waals surface area contributed by atoms with Crippen LogP contribution in [-0.2, 0) is 29.6 Å². The number of para-hydroxylation sites is 2. The quantitative estimate of drug-likeness (QED) is 0.546. The number of nitrogens with one attached hydrogen (secondary N) is 2. The second-order valence-corrected chi connectivity index (χ2v) is 8.14. The third-order valence-electron chi connectivity index (χ3n) is 6.02. The fourth-order valence-corrected chi connectivity index (χ4v) is 4.32. The zero-order valence-corrected chi connectivity index (χ0v) is 19.1. The van der Waals surface area contributed by atoms with Crippen LogP contribution in [0.2, 0.25) is 0 Å². The first kappa shape index (κ1) is 22.6. The largest absolute Gasteiger partial charge is 0.492 e. The van der Waals surface area contributed by atoms with Crippen molar-refractivity contribution in [2.75, 3.05) is 25.0 Å². The molecule has 2 aromatic carbocycles. The van der Waals surface area contributed by atoms with Gasteiger partial charge < -0.3 is 19.9 Å². The van der Waals surface area contributed by atoms with E-state index >= 15 is 0 Å². The average Bonchev–Trinajstić information content (AvgIpc) is 3.26. The first-order chi connectivity index (χ1) is 16.1. The van der Waals surface area contributed by atoms with E-state index in [0.717, 1.165) is 25.2 Å². The van der Waals surface area contributed by atoms with Crippen LogP contribution in [0.15, 0.2) is 66.9 Å². The number of carbonyl (C=O) groups is 2. The molecule has 0 spiro atoms. The van der Waals surface area contributed by atoms with E-state index < -0.39 is 11.8 Å². The van der Waals surface area contributed by atoms with Crippen LogP contribution >= 0.6 is 0 Å². The molecule has 3 aromatic rings. The molecule has 33 heavy (non-hydrogen) atoms. The number of anilines is 1. The van der Waals surface area contributed by atoms with Gasteiger partial charge in [0.25, 0.3) is 0 Å². The van der Waals surface area contributed by atoms with Gasteiger partial charge in [0.15, 0.2) is 0 Å². The van der Waals surface area contributed by atoms with Crippen molar-refractivity contribution in [3.05, 3.63) is 83.7 Å². The summed E-state index contributed by atoms with van der Waals surface area (Å²) in [6.45, 7) is 4.36. The van der Waals surface area contributed by atoms with Crippen LogP contribution in [0.25, 0.3) is 0 Å². The van der Waals surface area contributed by atoms with Gasteiger partial charge in [0, 0.05) is 38.6 Å². The van der Waals surface area contributed by atoms with Crippen molar-refractivity contribution < 1.29 is 14.3 Å². The highest BCUT2D eigenvalue weighted by molar-refractivity contribution is 6.39. The van der Waals surface area contributed by atoms with Gasteiger partial charge in [-0.05, 0) is 48.7 Å². The number of hydrogen-bond donors (Lipinski definition) is 2. The highest BCUT2D eigenvalue weighted by atomic mass is 16.5. The van der Waals surface area contributed by atoms with Gasteiger partial charge in [-0.15, -0.1) is 0 Å². The van der Waals surface area contributed by atoms with E-state index in [4.69, 9.17) is 4.74 Å². The van der Waals surface area contributed by atoms with Crippen LogP contribution in [0.4, 0.5) is 5.69 Å². The lowest BCUT2D eigenvalue weighted by Gasteiger charge is -2.36. The molecular weight excluding hydrogens is 416 g/mol. The Labute approximate surface area is 194 Å². The number of ether oxygens (including phenoxy) is 1. The van der Waals surface area contributed by atoms with Gasteiger partial charge in [0.2, 0.25) is 0 Å². The number of aryl methyl sites for hydroxylation is 1. The maximum absolute atomic E-state index is 12.7. The van der Waals surface area contributed by atoms with Gasteiger partial charge in [-0.1, -0.05) is 36.4 Å². The molecule has 2 heterocycles. The van der Waals surface area contributed by atoms with Crippen LogP contribution in [0.1, 0.15) is 29.8 Å². The second kappa shape index (κ2) is 10.4. The molecule has 2 amide bonds. The summed E-state index contributed by atoms with van der Waals surface area (Å²) in [6, 6.07) is 19.6. The summed E-state index contributed by atoms with van der Waals surface area (Å²) < 4.78 is 7.60. The summed E-state index contributed by atoms with van der Waals surface area (Å²) in [5, 5.41) is 5.51. The summed E-state index contributed by atoms with van der Waals surface area (Å²) in [7, 11) is 2.00. The van der Waals surface area contributed by atoms with Gasteiger partial charge in [-0.25, -0.2) is 0 Å². The monoisotopic (exact) mass is 446 g/mol. The Morgan fingerprint density at radius 2 is 1.76 bits per heavy atom. The molecule has 1 atom stereocenters. The Balaban J connectivity index is 1.45. The standard InChI is InChI=1S/C26H30N4O3/c1-3-33-24-13-7-6-11-21(24)28-26(32)25(31)27-17-23(22-12-8-15-29(22)2)30-16-14-19-9-4-5-10-20(19)18-30/h4-13,15,23H,3,14,16-18H2,1-2H3,(H,27,31)(H,28,32)/t23-/m0/s1. The Morgan fingerprint density at radius 1 is 1.00 bits per heavy atom. The predicted molar refractivity (Wildman–Crippen MR) is 128 cm³/mol. The smallest absolute Gasteiger partial charge is 0.313 e. The van der Waals surface area contributed by atoms with Crippen molar-refractivity contribution in [1.82, 2.24) is 14.8 Å². The molecule has 0 bridgehead atoms. The first-order valence-corrected chi connectivity index (χ1v) is 11.3. The van der Waals surface area contributed by atoms with E-state index in [1.54, 1.807) is 18.2 Å². The number of amides is 2. The highest BCUT2D eigenvalue weighted by Gasteiger charge is 2.27. The van der Waals surface area contributed by atoms with Crippen LogP contribution in [0.3, 0.4) is 0 Å². The van der Waals surface area contributed by atoms with Crippen LogP contribution in [-0.4, -0.2) is 41.0 Å². The van der Waals surface area contributed by atoms with Crippen molar-refractivity contribution >= 4 is 17.5 Å². The van der Waals surface area contributed by atoms with Gasteiger partial charge in [-0.3, -0.25) is 14.5 Å². The molecule has 1 aromatic heterocycles. The Bertz CT molecular complexity index is 1120. The first-order valence-electron chi connectivity index (χ1n) is 11.3. The average molecular weight is 447 g/mol. The van der Waals surface area contributed by atoms with Gasteiger partial charge in [0.1, 0.15) is 5.75 Å². The number of hydrogen-bond acceptors (Lipinski definition) is 4. The Hall–Kier alpha value is -3.58. The van der Waals surface area contributed by atoms with E-state index in [1.165, 1.54) is 11.1 Å². The number of fused-ring (bicyclic) bond motifs is 1. The molecule has 1 aliphatic heterocycles. The number of benzene rings is 2. The zero-order valence-electron chi connectivity index (χ0n) is 19.1. The van der Waals surface area contributed by atoms with Gasteiger partial charge >= 0.3 is 11.8 Å². The molecule has 7 nitrogen and oxygen atoms in total. The normalized spacial score (nSPS) is 14.2. The minimum atomic E-state index is -0.711. The summed E-state index contributed by atoms with van der Waals surface area (Å²) >= 11 is 0. The third kappa shape index (κ3) is 5.26. The molecule has 0 saturated heterocycles. The number of aromatic nitrogens is 1. The number of rotatable bonds is 7. The minimum Gasteiger partial charge on any atom is -0.492 e. The summed E-state index contributed by atoms with van der Waals surface area (Å²) in [4.78, 5) is 27.6. The van der Waals surface area contributed by atoms with Crippen molar-refractivity contribution in [3.8, 4) is 5.75 Å². The topological polar surface area (TPSA) is 75.6 Å². The molecule has 1 aliphatic rings. The molecular formula is C26H30N4O3. The molecule has 172 valence electrons. The second-order valence-electron chi connectivity index (χ2n) is 8.14. The molecule has 2 N–H and O–H groups in total. The van der Waals surface area contributed by atoms with Crippen molar-refractivity contribution in [2.45, 2.75) is 25.9 Å². The molecule has 0 saturated carbocycles. The van der Waals surface area contributed by atoms with E-state index in [-0.39, 0.29) is 6.04 Å². The van der Waals surface area contributed by atoms with Crippen LogP contribution < -0.4 is 15.4 Å². The maximum atomic E-state index is 12.7. The number of carbonyl (C=O) groups excluding carboxylic acids is 2. The lowest BCUT2D eigenvalue weighted by atomic mass is 9.98. The zero-order chi connectivity index (χ0) is 23.2. The molecule has 0 aliphatic carbocycles. The molecule has 7 heteroatoms. The van der Waals surface area contributed by atoms with Crippen molar-refractivity contribution in [1.29, 1.82) is 0 Å². The predicted octanol–water partition coefficient (Wildman–Crippen LogP) is 3.28. The van der Waals surface area contributed by atoms with Crippen molar-refractivity contribution in [3.63, 3.8) is 0 Å². The van der Waals surface area contributed by atoms with E-state index in [0.29, 0.717) is 24.6 Å². The van der Waals surface area contributed by atoms with E-state index in [2.05, 4.69) is 50.4 Å². The lowest BCUT2D eigenvalue weighted by Crippen LogP contribution is -2.44. The third-order valence-corrected chi connectivity index (χ3v) is 6.02. The van der Waals surface area contributed by atoms with Gasteiger partial charge in [-0.2, -0.15) is 0 Å². The van der Waals surface area contributed by atoms with Gasteiger partial charge in [0.05, 0.1) is 18.3 Å². The molecule has 0 radical (unpaired) electrons. The van der Waals surface area contributed by atoms with Crippen LogP contribution in [0.5, 0.6) is 5.75 Å². The fraction of sp³-hybridized carbons (Fsp3) is 0.308. The Morgan fingerprint density at radius 3 is 2.52 bits per heavy atom. The van der Waals surface area contributed by atoms with Crippen LogP contribution in [0, 0.1) is 0 Å². The van der Waals surface area contributed by atoms with Crippen molar-refractivity contribution in [2.24, 2.45) is 7.05 Å². The van der Waals surface area contributed by atoms with E-state index in [1.807, 2.05) is 32.3 Å². The van der Waals surface area contributed by atoms with E-state index in [9.17, 15) is 9.59 Å². The fourth-order valence-electron chi connectivity index (χ4n) is 4.32. The lowest BCUT2D eigenvalue weighted by molar-refractivity contribution is -0.136. The number of nitrogens with zero attached hydrogens (tertiary/aromatic N) is 2. The molecule has 0 fully saturated rings. The molecule has 4 rings (SSSR count).